The number of hydrogen-bond acceptors (Lipinski definition) is 4. The van der Waals surface area contributed by atoms with Crippen LogP contribution in [-0.4, -0.2) is 37.3 Å². The highest BCUT2D eigenvalue weighted by molar-refractivity contribution is 7.99. The zero-order chi connectivity index (χ0) is 18.9. The predicted molar refractivity (Wildman–Crippen MR) is 108 cm³/mol. The summed E-state index contributed by atoms with van der Waals surface area (Å²) in [6, 6.07) is 14.1. The Morgan fingerprint density at radius 1 is 1.08 bits per heavy atom. The molecule has 0 aromatic heterocycles. The maximum absolute atomic E-state index is 12.6. The third-order valence-electron chi connectivity index (χ3n) is 4.30. The molecule has 2 rings (SSSR count). The lowest BCUT2D eigenvalue weighted by atomic mass is 10.1. The van der Waals surface area contributed by atoms with Crippen molar-refractivity contribution in [2.75, 3.05) is 26.5 Å². The molecule has 0 aliphatic rings. The predicted octanol–water partition coefficient (Wildman–Crippen LogP) is 4.29. The molecule has 4 nitrogen and oxygen atoms in total. The summed E-state index contributed by atoms with van der Waals surface area (Å²) < 4.78 is 10.6. The van der Waals surface area contributed by atoms with Crippen LogP contribution in [-0.2, 0) is 17.1 Å². The van der Waals surface area contributed by atoms with Crippen LogP contribution < -0.4 is 9.47 Å². The van der Waals surface area contributed by atoms with Crippen LogP contribution in [0.15, 0.2) is 42.5 Å². The van der Waals surface area contributed by atoms with Gasteiger partial charge in [-0.1, -0.05) is 30.3 Å². The Kier molecular flexibility index (Phi) is 7.85. The molecule has 0 aliphatic carbocycles. The maximum atomic E-state index is 12.6. The van der Waals surface area contributed by atoms with E-state index >= 15 is 0 Å². The Bertz CT molecular complexity index is 733. The molecule has 0 fully saturated rings. The lowest BCUT2D eigenvalue weighted by Gasteiger charge is -2.21. The van der Waals surface area contributed by atoms with Gasteiger partial charge in [0.15, 0.2) is 11.5 Å². The smallest absolute Gasteiger partial charge is 0.232 e. The topological polar surface area (TPSA) is 38.8 Å². The Balaban J connectivity index is 1.93. The van der Waals surface area contributed by atoms with Gasteiger partial charge < -0.3 is 14.4 Å². The molecule has 0 bridgehead atoms. The van der Waals surface area contributed by atoms with Gasteiger partial charge in [-0.25, -0.2) is 0 Å². The highest BCUT2D eigenvalue weighted by Crippen LogP contribution is 2.28. The lowest BCUT2D eigenvalue weighted by molar-refractivity contribution is -0.128. The van der Waals surface area contributed by atoms with E-state index < -0.39 is 0 Å². The van der Waals surface area contributed by atoms with Crippen LogP contribution >= 0.6 is 11.8 Å². The summed E-state index contributed by atoms with van der Waals surface area (Å²) in [5.74, 6) is 2.87. The second kappa shape index (κ2) is 10.1. The van der Waals surface area contributed by atoms with Crippen LogP contribution in [0.2, 0.25) is 0 Å². The van der Waals surface area contributed by atoms with E-state index in [0.29, 0.717) is 30.3 Å². The van der Waals surface area contributed by atoms with Crippen molar-refractivity contribution in [3.63, 3.8) is 0 Å². The van der Waals surface area contributed by atoms with Crippen molar-refractivity contribution in [1.82, 2.24) is 4.90 Å². The molecule has 2 aromatic carbocycles. The number of thioether (sulfide) groups is 1. The van der Waals surface area contributed by atoms with E-state index in [4.69, 9.17) is 9.47 Å². The highest BCUT2D eigenvalue weighted by Gasteiger charge is 2.14. The number of amides is 1. The van der Waals surface area contributed by atoms with E-state index in [1.807, 2.05) is 42.2 Å². The number of carbonyl (C=O) groups excluding carboxylic acids is 1. The molecule has 26 heavy (non-hydrogen) atoms. The Morgan fingerprint density at radius 2 is 1.81 bits per heavy atom. The number of nitrogens with zero attached hydrogens (tertiary/aromatic N) is 1. The van der Waals surface area contributed by atoms with Gasteiger partial charge in [-0.3, -0.25) is 4.79 Å². The number of hydrogen-bond donors (Lipinski definition) is 0. The van der Waals surface area contributed by atoms with E-state index in [2.05, 4.69) is 19.1 Å². The average molecular weight is 374 g/mol. The fourth-order valence-corrected chi connectivity index (χ4v) is 3.69. The summed E-state index contributed by atoms with van der Waals surface area (Å²) in [5, 5.41) is 0. The molecule has 0 heterocycles. The zero-order valence-electron chi connectivity index (χ0n) is 16.0. The van der Waals surface area contributed by atoms with E-state index in [-0.39, 0.29) is 5.91 Å². The van der Waals surface area contributed by atoms with Gasteiger partial charge in [0.05, 0.1) is 20.0 Å². The number of methoxy groups -OCH3 is 2. The van der Waals surface area contributed by atoms with E-state index in [1.54, 1.807) is 26.0 Å². The Labute approximate surface area is 160 Å². The standard InChI is InChI=1S/C21H27NO3S/c1-5-22(13-17-10-11-19(24-3)20(12-17)25-4)21(23)15-26-14-18-9-7-6-8-16(18)2/h6-12H,5,13-15H2,1-4H3. The first-order valence-electron chi connectivity index (χ1n) is 8.70. The van der Waals surface area contributed by atoms with Crippen molar-refractivity contribution < 1.29 is 14.3 Å². The van der Waals surface area contributed by atoms with Gasteiger partial charge in [-0.15, -0.1) is 11.8 Å². The molecule has 0 spiro atoms. The first-order valence-corrected chi connectivity index (χ1v) is 9.85. The highest BCUT2D eigenvalue weighted by atomic mass is 32.2. The van der Waals surface area contributed by atoms with Gasteiger partial charge in [0.2, 0.25) is 5.91 Å². The SMILES string of the molecule is CCN(Cc1ccc(OC)c(OC)c1)C(=O)CSCc1ccccc1C. The minimum atomic E-state index is 0.154. The normalized spacial score (nSPS) is 10.5. The third-order valence-corrected chi connectivity index (χ3v) is 5.27. The summed E-state index contributed by atoms with van der Waals surface area (Å²) >= 11 is 1.66. The molecular formula is C21H27NO3S. The van der Waals surface area contributed by atoms with Crippen molar-refractivity contribution in [1.29, 1.82) is 0 Å². The van der Waals surface area contributed by atoms with Crippen LogP contribution in [0.3, 0.4) is 0 Å². The van der Waals surface area contributed by atoms with Gasteiger partial charge in [0.1, 0.15) is 0 Å². The molecule has 5 heteroatoms. The van der Waals surface area contributed by atoms with Gasteiger partial charge in [-0.05, 0) is 42.7 Å². The molecule has 0 radical (unpaired) electrons. The molecule has 140 valence electrons. The average Bonchev–Trinajstić information content (AvgIpc) is 2.67. The first kappa shape index (κ1) is 20.2. The number of benzene rings is 2. The fourth-order valence-electron chi connectivity index (χ4n) is 2.69. The molecule has 0 aliphatic heterocycles. The van der Waals surface area contributed by atoms with Crippen molar-refractivity contribution in [3.8, 4) is 11.5 Å². The summed E-state index contributed by atoms with van der Waals surface area (Å²) in [6.07, 6.45) is 0. The minimum Gasteiger partial charge on any atom is -0.493 e. The van der Waals surface area contributed by atoms with Crippen molar-refractivity contribution in [3.05, 3.63) is 59.2 Å². The van der Waals surface area contributed by atoms with Gasteiger partial charge >= 0.3 is 0 Å². The molecule has 0 saturated carbocycles. The summed E-state index contributed by atoms with van der Waals surface area (Å²) in [7, 11) is 3.23. The lowest BCUT2D eigenvalue weighted by Crippen LogP contribution is -2.31. The van der Waals surface area contributed by atoms with Crippen LogP contribution in [0.1, 0.15) is 23.6 Å². The second-order valence-corrected chi connectivity index (χ2v) is 7.00. The van der Waals surface area contributed by atoms with Crippen LogP contribution in [0.4, 0.5) is 0 Å². The summed E-state index contributed by atoms with van der Waals surface area (Å²) in [6.45, 7) is 5.36. The second-order valence-electron chi connectivity index (χ2n) is 6.02. The minimum absolute atomic E-state index is 0.154. The fraction of sp³-hybridized carbons (Fsp3) is 0.381. The van der Waals surface area contributed by atoms with Crippen molar-refractivity contribution in [2.24, 2.45) is 0 Å². The van der Waals surface area contributed by atoms with Crippen molar-refractivity contribution in [2.45, 2.75) is 26.1 Å². The quantitative estimate of drug-likeness (QED) is 0.657. The monoisotopic (exact) mass is 373 g/mol. The van der Waals surface area contributed by atoms with Crippen LogP contribution in [0.5, 0.6) is 11.5 Å². The van der Waals surface area contributed by atoms with Gasteiger partial charge in [0.25, 0.3) is 0 Å². The van der Waals surface area contributed by atoms with Crippen molar-refractivity contribution >= 4 is 17.7 Å². The largest absolute Gasteiger partial charge is 0.493 e. The molecule has 1 amide bonds. The number of carbonyl (C=O) groups is 1. The number of aryl methyl sites for hydroxylation is 1. The molecule has 0 unspecified atom stereocenters. The zero-order valence-corrected chi connectivity index (χ0v) is 16.8. The first-order chi connectivity index (χ1) is 12.6. The molecule has 0 saturated heterocycles. The Morgan fingerprint density at radius 3 is 2.46 bits per heavy atom. The third kappa shape index (κ3) is 5.43. The maximum Gasteiger partial charge on any atom is 0.232 e. The molecular weight excluding hydrogens is 346 g/mol. The molecule has 2 aromatic rings. The molecule has 0 N–H and O–H groups in total. The van der Waals surface area contributed by atoms with E-state index in [1.165, 1.54) is 11.1 Å². The number of ether oxygens (including phenoxy) is 2. The van der Waals surface area contributed by atoms with E-state index in [9.17, 15) is 4.79 Å². The van der Waals surface area contributed by atoms with Crippen LogP contribution in [0, 0.1) is 6.92 Å². The summed E-state index contributed by atoms with van der Waals surface area (Å²) in [4.78, 5) is 14.4. The number of rotatable bonds is 9. The van der Waals surface area contributed by atoms with Gasteiger partial charge in [-0.2, -0.15) is 0 Å². The summed E-state index contributed by atoms with van der Waals surface area (Å²) in [5.41, 5.74) is 3.58. The van der Waals surface area contributed by atoms with E-state index in [0.717, 1.165) is 11.3 Å². The Hall–Kier alpha value is -2.14. The molecule has 0 atom stereocenters. The van der Waals surface area contributed by atoms with Gasteiger partial charge in [0, 0.05) is 18.8 Å². The van der Waals surface area contributed by atoms with Crippen LogP contribution in [0.25, 0.3) is 0 Å².